The van der Waals surface area contributed by atoms with Crippen LogP contribution in [0.1, 0.15) is 12.5 Å². The Hall–Kier alpha value is -2.37. The average Bonchev–Trinajstić information content (AvgIpc) is 2.32. The number of nitrogens with zero attached hydrogens (tertiary/aromatic N) is 1. The van der Waals surface area contributed by atoms with Crippen LogP contribution in [0.15, 0.2) is 30.5 Å². The van der Waals surface area contributed by atoms with E-state index in [0.29, 0.717) is 17.9 Å². The number of non-ortho nitro benzene ring substituents is 1. The van der Waals surface area contributed by atoms with Crippen molar-refractivity contribution in [3.63, 3.8) is 0 Å². The van der Waals surface area contributed by atoms with Gasteiger partial charge in [0.05, 0.1) is 17.8 Å². The van der Waals surface area contributed by atoms with Gasteiger partial charge in [0.25, 0.3) is 11.6 Å². The molecule has 0 saturated carbocycles. The number of nitro benzene ring substituents is 1. The van der Waals surface area contributed by atoms with Gasteiger partial charge in [-0.2, -0.15) is 0 Å². The summed E-state index contributed by atoms with van der Waals surface area (Å²) < 4.78 is 4.89. The molecular weight excluding hydrogens is 236 g/mol. The number of benzene rings is 1. The summed E-state index contributed by atoms with van der Waals surface area (Å²) in [4.78, 5) is 21.5. The number of carbonyl (C=O) groups is 1. The molecule has 1 N–H and O–H groups in total. The number of rotatable bonds is 5. The first-order valence-corrected chi connectivity index (χ1v) is 5.38. The van der Waals surface area contributed by atoms with E-state index in [1.165, 1.54) is 30.5 Å². The van der Waals surface area contributed by atoms with E-state index in [2.05, 4.69) is 5.32 Å². The van der Waals surface area contributed by atoms with Gasteiger partial charge in [0.15, 0.2) is 0 Å². The molecule has 0 unspecified atom stereocenters. The molecule has 1 rings (SSSR count). The summed E-state index contributed by atoms with van der Waals surface area (Å²) in [5, 5.41) is 13.2. The van der Waals surface area contributed by atoms with Crippen LogP contribution >= 0.6 is 0 Å². The van der Waals surface area contributed by atoms with E-state index in [9.17, 15) is 14.9 Å². The number of nitrogens with one attached hydrogen (secondary N) is 1. The fourth-order valence-corrected chi connectivity index (χ4v) is 1.28. The van der Waals surface area contributed by atoms with Crippen LogP contribution in [0.4, 0.5) is 11.4 Å². The minimum absolute atomic E-state index is 0.00430. The minimum Gasteiger partial charge on any atom is -0.501 e. The Bertz CT molecular complexity index is 483. The highest BCUT2D eigenvalue weighted by Gasteiger charge is 2.08. The zero-order chi connectivity index (χ0) is 13.5. The molecule has 0 heterocycles. The largest absolute Gasteiger partial charge is 0.501 e. The number of anilines is 1. The highest BCUT2D eigenvalue weighted by atomic mass is 16.6. The van der Waals surface area contributed by atoms with Crippen LogP contribution in [-0.4, -0.2) is 17.4 Å². The van der Waals surface area contributed by atoms with Gasteiger partial charge in [-0.05, 0) is 25.5 Å². The SMILES string of the molecule is CCO/C=C/C(=O)Nc1ccc([N+](=O)[O-])cc1C. The Morgan fingerprint density at radius 1 is 1.56 bits per heavy atom. The maximum atomic E-state index is 11.4. The predicted octanol–water partition coefficient (Wildman–Crippen LogP) is 2.39. The molecule has 96 valence electrons. The second-order valence-electron chi connectivity index (χ2n) is 3.50. The number of nitro groups is 1. The van der Waals surface area contributed by atoms with Crippen LogP contribution in [0.3, 0.4) is 0 Å². The molecule has 0 fully saturated rings. The van der Waals surface area contributed by atoms with Gasteiger partial charge in [-0.25, -0.2) is 0 Å². The number of hydrogen-bond donors (Lipinski definition) is 1. The van der Waals surface area contributed by atoms with Crippen molar-refractivity contribution in [3.05, 3.63) is 46.2 Å². The first-order valence-electron chi connectivity index (χ1n) is 5.38. The van der Waals surface area contributed by atoms with Gasteiger partial charge >= 0.3 is 0 Å². The molecule has 0 aromatic heterocycles. The van der Waals surface area contributed by atoms with Crippen LogP contribution in [0.25, 0.3) is 0 Å². The molecule has 1 aromatic carbocycles. The lowest BCUT2D eigenvalue weighted by Gasteiger charge is -2.05. The van der Waals surface area contributed by atoms with E-state index in [4.69, 9.17) is 4.74 Å². The normalized spacial score (nSPS) is 10.3. The second-order valence-corrected chi connectivity index (χ2v) is 3.50. The minimum atomic E-state index is -0.479. The molecule has 0 radical (unpaired) electrons. The first kappa shape index (κ1) is 13.7. The fourth-order valence-electron chi connectivity index (χ4n) is 1.28. The van der Waals surface area contributed by atoms with Gasteiger partial charge in [-0.1, -0.05) is 0 Å². The third kappa shape index (κ3) is 3.89. The lowest BCUT2D eigenvalue weighted by atomic mass is 10.2. The molecule has 1 amide bonds. The summed E-state index contributed by atoms with van der Waals surface area (Å²) in [5.74, 6) is -0.347. The molecule has 0 atom stereocenters. The molecule has 0 aliphatic carbocycles. The number of hydrogen-bond acceptors (Lipinski definition) is 4. The maximum absolute atomic E-state index is 11.4. The van der Waals surface area contributed by atoms with Gasteiger partial charge in [0, 0.05) is 23.9 Å². The molecule has 18 heavy (non-hydrogen) atoms. The Labute approximate surface area is 104 Å². The molecule has 0 spiro atoms. The molecular formula is C12H14N2O4. The van der Waals surface area contributed by atoms with Crippen molar-refractivity contribution in [1.82, 2.24) is 0 Å². The van der Waals surface area contributed by atoms with Crippen molar-refractivity contribution < 1.29 is 14.5 Å². The van der Waals surface area contributed by atoms with Crippen LogP contribution in [0.5, 0.6) is 0 Å². The summed E-state index contributed by atoms with van der Waals surface area (Å²) in [7, 11) is 0. The molecule has 0 saturated heterocycles. The summed E-state index contributed by atoms with van der Waals surface area (Å²) in [5.41, 5.74) is 1.16. The zero-order valence-electron chi connectivity index (χ0n) is 10.2. The van der Waals surface area contributed by atoms with Crippen molar-refractivity contribution in [1.29, 1.82) is 0 Å². The number of amides is 1. The van der Waals surface area contributed by atoms with E-state index in [-0.39, 0.29) is 11.6 Å². The number of carbonyl (C=O) groups excluding carboxylic acids is 1. The molecule has 0 bridgehead atoms. The summed E-state index contributed by atoms with van der Waals surface area (Å²) in [6, 6.07) is 4.25. The van der Waals surface area contributed by atoms with Crippen LogP contribution in [0, 0.1) is 17.0 Å². The molecule has 1 aromatic rings. The Kier molecular flexibility index (Phi) is 4.86. The van der Waals surface area contributed by atoms with Crippen molar-refractivity contribution in [3.8, 4) is 0 Å². The Balaban J connectivity index is 2.73. The Morgan fingerprint density at radius 2 is 2.28 bits per heavy atom. The number of ether oxygens (including phenoxy) is 1. The van der Waals surface area contributed by atoms with Gasteiger partial charge in [0.1, 0.15) is 0 Å². The standard InChI is InChI=1S/C12H14N2O4/c1-3-18-7-6-12(15)13-11-5-4-10(14(16)17)8-9(11)2/h4-8H,3H2,1-2H3,(H,13,15)/b7-6+. The van der Waals surface area contributed by atoms with E-state index in [1.807, 2.05) is 6.92 Å². The van der Waals surface area contributed by atoms with Crippen molar-refractivity contribution in [2.75, 3.05) is 11.9 Å². The molecule has 6 heteroatoms. The third-order valence-electron chi connectivity index (χ3n) is 2.16. The van der Waals surface area contributed by atoms with Gasteiger partial charge in [-0.3, -0.25) is 14.9 Å². The van der Waals surface area contributed by atoms with Crippen LogP contribution in [0.2, 0.25) is 0 Å². The quantitative estimate of drug-likeness (QED) is 0.376. The first-order chi connectivity index (χ1) is 8.54. The van der Waals surface area contributed by atoms with Crippen LogP contribution in [-0.2, 0) is 9.53 Å². The average molecular weight is 250 g/mol. The lowest BCUT2D eigenvalue weighted by molar-refractivity contribution is -0.384. The van der Waals surface area contributed by atoms with E-state index in [1.54, 1.807) is 6.92 Å². The topological polar surface area (TPSA) is 81.5 Å². The fraction of sp³-hybridized carbons (Fsp3) is 0.250. The summed E-state index contributed by atoms with van der Waals surface area (Å²) in [6.07, 6.45) is 2.56. The van der Waals surface area contributed by atoms with E-state index >= 15 is 0 Å². The molecule has 0 aliphatic rings. The highest BCUT2D eigenvalue weighted by molar-refractivity contribution is 5.99. The Morgan fingerprint density at radius 3 is 2.83 bits per heavy atom. The number of aryl methyl sites for hydroxylation is 1. The zero-order valence-corrected chi connectivity index (χ0v) is 10.2. The highest BCUT2D eigenvalue weighted by Crippen LogP contribution is 2.20. The third-order valence-corrected chi connectivity index (χ3v) is 2.16. The van der Waals surface area contributed by atoms with Gasteiger partial charge < -0.3 is 10.1 Å². The maximum Gasteiger partial charge on any atom is 0.269 e. The summed E-state index contributed by atoms with van der Waals surface area (Å²) >= 11 is 0. The summed E-state index contributed by atoms with van der Waals surface area (Å²) in [6.45, 7) is 3.98. The van der Waals surface area contributed by atoms with Gasteiger partial charge in [-0.15, -0.1) is 0 Å². The molecule has 0 aliphatic heterocycles. The van der Waals surface area contributed by atoms with Crippen molar-refractivity contribution >= 4 is 17.3 Å². The lowest BCUT2D eigenvalue weighted by Crippen LogP contribution is -2.09. The van der Waals surface area contributed by atoms with Crippen molar-refractivity contribution in [2.24, 2.45) is 0 Å². The second kappa shape index (κ2) is 6.39. The van der Waals surface area contributed by atoms with Crippen molar-refractivity contribution in [2.45, 2.75) is 13.8 Å². The predicted molar refractivity (Wildman–Crippen MR) is 67.2 cm³/mol. The smallest absolute Gasteiger partial charge is 0.269 e. The van der Waals surface area contributed by atoms with E-state index < -0.39 is 4.92 Å². The monoisotopic (exact) mass is 250 g/mol. The van der Waals surface area contributed by atoms with Gasteiger partial charge in [0.2, 0.25) is 0 Å². The van der Waals surface area contributed by atoms with E-state index in [0.717, 1.165) is 0 Å². The van der Waals surface area contributed by atoms with Crippen LogP contribution < -0.4 is 5.32 Å². The molecule has 6 nitrogen and oxygen atoms in total.